The molecule has 1 aliphatic rings. The molecule has 0 spiro atoms. The van der Waals surface area contributed by atoms with Crippen LogP contribution in [0.1, 0.15) is 27.4 Å². The molecule has 0 N–H and O–H groups in total. The minimum Gasteiger partial charge on any atom is -0.351 e. The summed E-state index contributed by atoms with van der Waals surface area (Å²) in [7, 11) is 0. The van der Waals surface area contributed by atoms with Crippen LogP contribution in [-0.4, -0.2) is 47.0 Å². The highest BCUT2D eigenvalue weighted by atomic mass is 19.4. The third-order valence-corrected chi connectivity index (χ3v) is 4.16. The van der Waals surface area contributed by atoms with Crippen LogP contribution >= 0.6 is 0 Å². The normalized spacial score (nSPS) is 16.2. The van der Waals surface area contributed by atoms with Gasteiger partial charge in [-0.05, 0) is 18.6 Å². The van der Waals surface area contributed by atoms with Gasteiger partial charge in [-0.1, -0.05) is 23.4 Å². The van der Waals surface area contributed by atoms with Gasteiger partial charge in [0, 0.05) is 38.8 Å². The second kappa shape index (κ2) is 6.87. The fourth-order valence-corrected chi connectivity index (χ4v) is 2.83. The Bertz CT molecular complexity index is 750. The molecule has 8 heteroatoms. The van der Waals surface area contributed by atoms with E-state index < -0.39 is 11.7 Å². The lowest BCUT2D eigenvalue weighted by Gasteiger charge is -2.34. The van der Waals surface area contributed by atoms with Crippen molar-refractivity contribution < 1.29 is 22.5 Å². The van der Waals surface area contributed by atoms with E-state index in [1.165, 1.54) is 12.1 Å². The Kier molecular flexibility index (Phi) is 4.80. The maximum absolute atomic E-state index is 12.8. The Morgan fingerprint density at radius 2 is 1.92 bits per heavy atom. The third kappa shape index (κ3) is 4.19. The van der Waals surface area contributed by atoms with Gasteiger partial charge in [-0.25, -0.2) is 0 Å². The first-order valence-corrected chi connectivity index (χ1v) is 7.94. The molecule has 134 valence electrons. The Morgan fingerprint density at radius 3 is 2.52 bits per heavy atom. The average Bonchev–Trinajstić information content (AvgIpc) is 3.01. The molecule has 5 nitrogen and oxygen atoms in total. The summed E-state index contributed by atoms with van der Waals surface area (Å²) in [5.41, 5.74) is 0.617. The van der Waals surface area contributed by atoms with Gasteiger partial charge in [-0.15, -0.1) is 0 Å². The summed E-state index contributed by atoms with van der Waals surface area (Å²) in [6.07, 6.45) is -4.34. The first-order valence-electron chi connectivity index (χ1n) is 7.94. The number of hydrogen-bond acceptors (Lipinski definition) is 4. The molecule has 2 aromatic rings. The molecule has 2 heterocycles. The number of aryl methyl sites for hydroxylation is 1. The zero-order valence-corrected chi connectivity index (χ0v) is 13.7. The second-order valence-corrected chi connectivity index (χ2v) is 6.10. The minimum absolute atomic E-state index is 0.209. The van der Waals surface area contributed by atoms with Crippen molar-refractivity contribution in [3.05, 3.63) is 52.9 Å². The fraction of sp³-hybridized carbons (Fsp3) is 0.412. The molecule has 3 rings (SSSR count). The molecular formula is C17H18F3N3O2. The number of carbonyl (C=O) groups is 1. The van der Waals surface area contributed by atoms with Crippen molar-refractivity contribution in [1.29, 1.82) is 0 Å². The lowest BCUT2D eigenvalue weighted by atomic mass is 10.1. The number of nitrogens with zero attached hydrogens (tertiary/aromatic N) is 3. The molecular weight excluding hydrogens is 335 g/mol. The molecule has 1 aliphatic heterocycles. The predicted molar refractivity (Wildman–Crippen MR) is 83.9 cm³/mol. The molecule has 0 radical (unpaired) electrons. The fourth-order valence-electron chi connectivity index (χ4n) is 2.83. The van der Waals surface area contributed by atoms with Crippen LogP contribution in [0.25, 0.3) is 0 Å². The van der Waals surface area contributed by atoms with Gasteiger partial charge in [-0.3, -0.25) is 9.69 Å². The Labute approximate surface area is 143 Å². The van der Waals surface area contributed by atoms with E-state index in [9.17, 15) is 18.0 Å². The van der Waals surface area contributed by atoms with E-state index in [2.05, 4.69) is 5.16 Å². The first kappa shape index (κ1) is 17.5. The zero-order chi connectivity index (χ0) is 18.0. The predicted octanol–water partition coefficient (Wildman–Crippen LogP) is 2.96. The Morgan fingerprint density at radius 1 is 1.20 bits per heavy atom. The zero-order valence-electron chi connectivity index (χ0n) is 13.7. The number of benzene rings is 1. The molecule has 1 fully saturated rings. The van der Waals surface area contributed by atoms with Crippen LogP contribution in [0, 0.1) is 6.92 Å². The molecule has 1 aromatic carbocycles. The maximum atomic E-state index is 12.8. The largest absolute Gasteiger partial charge is 0.416 e. The van der Waals surface area contributed by atoms with Gasteiger partial charge in [-0.2, -0.15) is 13.2 Å². The highest BCUT2D eigenvalue weighted by Crippen LogP contribution is 2.29. The molecule has 1 amide bonds. The van der Waals surface area contributed by atoms with E-state index in [1.54, 1.807) is 24.0 Å². The van der Waals surface area contributed by atoms with Gasteiger partial charge in [0.15, 0.2) is 0 Å². The summed E-state index contributed by atoms with van der Waals surface area (Å²) < 4.78 is 43.3. The van der Waals surface area contributed by atoms with Gasteiger partial charge in [0.1, 0.15) is 0 Å². The van der Waals surface area contributed by atoms with E-state index in [1.807, 2.05) is 4.90 Å². The van der Waals surface area contributed by atoms with Gasteiger partial charge in [0.05, 0.1) is 11.3 Å². The number of piperazine rings is 1. The number of amides is 1. The number of rotatable bonds is 3. The molecule has 0 aliphatic carbocycles. The van der Waals surface area contributed by atoms with Crippen LogP contribution in [0.4, 0.5) is 13.2 Å². The van der Waals surface area contributed by atoms with E-state index >= 15 is 0 Å². The molecule has 25 heavy (non-hydrogen) atoms. The molecule has 1 aromatic heterocycles. The summed E-state index contributed by atoms with van der Waals surface area (Å²) in [5, 5.41) is 3.71. The summed E-state index contributed by atoms with van der Waals surface area (Å²) in [6.45, 7) is 4.35. The van der Waals surface area contributed by atoms with Crippen molar-refractivity contribution in [3.8, 4) is 0 Å². The van der Waals surface area contributed by atoms with Crippen LogP contribution in [0.2, 0.25) is 0 Å². The summed E-state index contributed by atoms with van der Waals surface area (Å²) in [4.78, 5) is 16.0. The second-order valence-electron chi connectivity index (χ2n) is 6.10. The summed E-state index contributed by atoms with van der Waals surface area (Å²) >= 11 is 0. The lowest BCUT2D eigenvalue weighted by molar-refractivity contribution is -0.137. The van der Waals surface area contributed by atoms with Crippen molar-refractivity contribution in [2.45, 2.75) is 19.6 Å². The lowest BCUT2D eigenvalue weighted by Crippen LogP contribution is -2.48. The number of halogens is 3. The minimum atomic E-state index is -4.34. The number of carbonyl (C=O) groups excluding carboxylic acids is 1. The SMILES string of the molecule is Cc1cc(C(=O)N2CCN(Cc3cccc(C(F)(F)F)c3)CC2)on1. The summed E-state index contributed by atoms with van der Waals surface area (Å²) in [5.74, 6) is 0.00291. The van der Waals surface area contributed by atoms with Crippen LogP contribution < -0.4 is 0 Å². The molecule has 0 saturated carbocycles. The topological polar surface area (TPSA) is 49.6 Å². The number of alkyl halides is 3. The highest BCUT2D eigenvalue weighted by molar-refractivity contribution is 5.91. The van der Waals surface area contributed by atoms with Crippen LogP contribution in [0.3, 0.4) is 0 Å². The molecule has 0 atom stereocenters. The number of aromatic nitrogens is 1. The quantitative estimate of drug-likeness (QED) is 0.851. The average molecular weight is 353 g/mol. The van der Waals surface area contributed by atoms with Crippen molar-refractivity contribution in [3.63, 3.8) is 0 Å². The third-order valence-electron chi connectivity index (χ3n) is 4.16. The van der Waals surface area contributed by atoms with E-state index in [-0.39, 0.29) is 11.7 Å². The highest BCUT2D eigenvalue weighted by Gasteiger charge is 2.30. The Hall–Kier alpha value is -2.35. The van der Waals surface area contributed by atoms with Crippen molar-refractivity contribution in [1.82, 2.24) is 15.0 Å². The van der Waals surface area contributed by atoms with Crippen LogP contribution in [-0.2, 0) is 12.7 Å². The first-order chi connectivity index (χ1) is 11.8. The molecule has 0 bridgehead atoms. The van der Waals surface area contributed by atoms with Crippen LogP contribution in [0.15, 0.2) is 34.9 Å². The Balaban J connectivity index is 1.57. The monoisotopic (exact) mass is 353 g/mol. The van der Waals surface area contributed by atoms with Gasteiger partial charge in [0.25, 0.3) is 5.91 Å². The van der Waals surface area contributed by atoms with Gasteiger partial charge in [0.2, 0.25) is 5.76 Å². The van der Waals surface area contributed by atoms with Crippen molar-refractivity contribution in [2.24, 2.45) is 0 Å². The van der Waals surface area contributed by atoms with Gasteiger partial charge >= 0.3 is 6.18 Å². The maximum Gasteiger partial charge on any atom is 0.416 e. The molecule has 0 unspecified atom stereocenters. The standard InChI is InChI=1S/C17H18F3N3O2/c1-12-9-15(25-21-12)16(24)23-7-5-22(6-8-23)11-13-3-2-4-14(10-13)17(18,19)20/h2-4,9-10H,5-8,11H2,1H3. The van der Waals surface area contributed by atoms with Crippen molar-refractivity contribution in [2.75, 3.05) is 26.2 Å². The smallest absolute Gasteiger partial charge is 0.351 e. The van der Waals surface area contributed by atoms with E-state index in [0.717, 1.165) is 6.07 Å². The molecule has 1 saturated heterocycles. The van der Waals surface area contributed by atoms with E-state index in [4.69, 9.17) is 4.52 Å². The van der Waals surface area contributed by atoms with E-state index in [0.29, 0.717) is 44.0 Å². The number of hydrogen-bond donors (Lipinski definition) is 0. The summed E-state index contributed by atoms with van der Waals surface area (Å²) in [6, 6.07) is 6.94. The van der Waals surface area contributed by atoms with Crippen LogP contribution in [0.5, 0.6) is 0 Å². The van der Waals surface area contributed by atoms with Gasteiger partial charge < -0.3 is 9.42 Å². The van der Waals surface area contributed by atoms with Crippen molar-refractivity contribution >= 4 is 5.91 Å².